The Balaban J connectivity index is 1.43. The molecule has 6 nitrogen and oxygen atoms in total. The minimum Gasteiger partial charge on any atom is -0.439 e. The lowest BCUT2D eigenvalue weighted by Crippen LogP contribution is -2.24. The van der Waals surface area contributed by atoms with E-state index in [1.165, 1.54) is 0 Å². The van der Waals surface area contributed by atoms with E-state index in [1.54, 1.807) is 0 Å². The van der Waals surface area contributed by atoms with Gasteiger partial charge >= 0.3 is 0 Å². The number of benzene rings is 2. The molecule has 0 unspecified atom stereocenters. The summed E-state index contributed by atoms with van der Waals surface area (Å²) in [7, 11) is 0. The summed E-state index contributed by atoms with van der Waals surface area (Å²) in [6.07, 6.45) is 0.150. The van der Waals surface area contributed by atoms with Gasteiger partial charge in [-0.25, -0.2) is 4.98 Å². The number of fused-ring (bicyclic) bond motifs is 2. The lowest BCUT2D eigenvalue weighted by molar-refractivity contribution is -0.120. The Morgan fingerprint density at radius 1 is 1.04 bits per heavy atom. The normalized spacial score (nSPS) is 11.1. The number of carbonyl (C=O) groups is 1. The van der Waals surface area contributed by atoms with Gasteiger partial charge in [0.2, 0.25) is 11.8 Å². The van der Waals surface area contributed by atoms with Gasteiger partial charge in [0.15, 0.2) is 11.2 Å². The molecule has 1 N–H and O–H groups in total. The van der Waals surface area contributed by atoms with Crippen molar-refractivity contribution in [2.75, 3.05) is 0 Å². The first kappa shape index (κ1) is 13.5. The third kappa shape index (κ3) is 2.66. The molecular formula is C17H13N3O3. The molecule has 114 valence electrons. The second-order valence-electron chi connectivity index (χ2n) is 5.15. The van der Waals surface area contributed by atoms with E-state index in [-0.39, 0.29) is 18.9 Å². The Morgan fingerprint density at radius 3 is 2.70 bits per heavy atom. The SMILES string of the molecule is O=C(Cc1noc2ccccc12)NCc1nc2ccccc2o1. The topological polar surface area (TPSA) is 81.2 Å². The van der Waals surface area contributed by atoms with Crippen LogP contribution in [0.2, 0.25) is 0 Å². The quantitative estimate of drug-likeness (QED) is 0.627. The molecule has 0 aliphatic heterocycles. The summed E-state index contributed by atoms with van der Waals surface area (Å²) in [6.45, 7) is 0.239. The number of para-hydroxylation sites is 3. The van der Waals surface area contributed by atoms with Crippen molar-refractivity contribution in [3.05, 3.63) is 60.1 Å². The van der Waals surface area contributed by atoms with Gasteiger partial charge in [-0.15, -0.1) is 0 Å². The molecular weight excluding hydrogens is 294 g/mol. The van der Waals surface area contributed by atoms with E-state index in [9.17, 15) is 4.79 Å². The highest BCUT2D eigenvalue weighted by molar-refractivity contribution is 5.86. The van der Waals surface area contributed by atoms with Gasteiger partial charge in [-0.1, -0.05) is 29.4 Å². The van der Waals surface area contributed by atoms with Crippen molar-refractivity contribution in [3.8, 4) is 0 Å². The van der Waals surface area contributed by atoms with E-state index in [2.05, 4.69) is 15.5 Å². The van der Waals surface area contributed by atoms with E-state index in [0.29, 0.717) is 22.8 Å². The molecule has 2 heterocycles. The van der Waals surface area contributed by atoms with Gasteiger partial charge in [-0.3, -0.25) is 4.79 Å². The number of carbonyl (C=O) groups excluding carboxylic acids is 1. The Morgan fingerprint density at radius 2 is 1.83 bits per heavy atom. The first-order valence-electron chi connectivity index (χ1n) is 7.24. The number of nitrogens with zero attached hydrogens (tertiary/aromatic N) is 2. The highest BCUT2D eigenvalue weighted by Crippen LogP contribution is 2.18. The number of oxazole rings is 1. The third-order valence-electron chi connectivity index (χ3n) is 3.56. The molecule has 0 spiro atoms. The molecule has 4 rings (SSSR count). The van der Waals surface area contributed by atoms with Crippen molar-refractivity contribution in [2.45, 2.75) is 13.0 Å². The van der Waals surface area contributed by atoms with Gasteiger partial charge in [-0.2, -0.15) is 0 Å². The van der Waals surface area contributed by atoms with E-state index in [4.69, 9.17) is 8.94 Å². The van der Waals surface area contributed by atoms with Crippen LogP contribution < -0.4 is 5.32 Å². The summed E-state index contributed by atoms with van der Waals surface area (Å²) < 4.78 is 10.8. The van der Waals surface area contributed by atoms with Crippen LogP contribution in [0.3, 0.4) is 0 Å². The molecule has 6 heteroatoms. The summed E-state index contributed by atoms with van der Waals surface area (Å²) in [4.78, 5) is 16.4. The summed E-state index contributed by atoms with van der Waals surface area (Å²) in [6, 6.07) is 14.9. The predicted molar refractivity (Wildman–Crippen MR) is 83.6 cm³/mol. The fraction of sp³-hybridized carbons (Fsp3) is 0.118. The second-order valence-corrected chi connectivity index (χ2v) is 5.15. The predicted octanol–water partition coefficient (Wildman–Crippen LogP) is 2.83. The van der Waals surface area contributed by atoms with Crippen molar-refractivity contribution in [3.63, 3.8) is 0 Å². The van der Waals surface area contributed by atoms with Crippen molar-refractivity contribution in [1.82, 2.24) is 15.5 Å². The highest BCUT2D eigenvalue weighted by atomic mass is 16.5. The Hall–Kier alpha value is -3.15. The van der Waals surface area contributed by atoms with Gasteiger partial charge in [0.05, 0.1) is 13.0 Å². The first-order valence-corrected chi connectivity index (χ1v) is 7.24. The van der Waals surface area contributed by atoms with Crippen molar-refractivity contribution < 1.29 is 13.7 Å². The van der Waals surface area contributed by atoms with Crippen LogP contribution in [0, 0.1) is 0 Å². The molecule has 1 amide bonds. The van der Waals surface area contributed by atoms with E-state index < -0.39 is 0 Å². The molecule has 0 saturated heterocycles. The molecule has 23 heavy (non-hydrogen) atoms. The second kappa shape index (κ2) is 5.57. The number of hydrogen-bond acceptors (Lipinski definition) is 5. The van der Waals surface area contributed by atoms with Crippen LogP contribution in [0.15, 0.2) is 57.5 Å². The zero-order valence-electron chi connectivity index (χ0n) is 12.2. The average Bonchev–Trinajstić information content (AvgIpc) is 3.17. The Bertz CT molecular complexity index is 954. The summed E-state index contributed by atoms with van der Waals surface area (Å²) in [5, 5.41) is 7.59. The summed E-state index contributed by atoms with van der Waals surface area (Å²) in [5.41, 5.74) is 2.78. The molecule has 4 aromatic rings. The van der Waals surface area contributed by atoms with Crippen LogP contribution in [-0.4, -0.2) is 16.0 Å². The van der Waals surface area contributed by atoms with Crippen molar-refractivity contribution in [1.29, 1.82) is 0 Å². The molecule has 2 aromatic heterocycles. The summed E-state index contributed by atoms with van der Waals surface area (Å²) >= 11 is 0. The maximum absolute atomic E-state index is 12.1. The van der Waals surface area contributed by atoms with Crippen LogP contribution in [-0.2, 0) is 17.8 Å². The Labute approximate surface area is 131 Å². The first-order chi connectivity index (χ1) is 11.3. The molecule has 0 fully saturated rings. The number of hydrogen-bond donors (Lipinski definition) is 1. The van der Waals surface area contributed by atoms with E-state index in [1.807, 2.05) is 48.5 Å². The fourth-order valence-corrected chi connectivity index (χ4v) is 2.45. The smallest absolute Gasteiger partial charge is 0.226 e. The van der Waals surface area contributed by atoms with Crippen LogP contribution >= 0.6 is 0 Å². The number of rotatable bonds is 4. The van der Waals surface area contributed by atoms with Crippen LogP contribution in [0.1, 0.15) is 11.6 Å². The van der Waals surface area contributed by atoms with Crippen molar-refractivity contribution >= 4 is 28.0 Å². The third-order valence-corrected chi connectivity index (χ3v) is 3.56. The highest BCUT2D eigenvalue weighted by Gasteiger charge is 2.13. The van der Waals surface area contributed by atoms with Gasteiger partial charge < -0.3 is 14.3 Å². The minimum absolute atomic E-state index is 0.150. The molecule has 2 aromatic carbocycles. The number of aromatic nitrogens is 2. The van der Waals surface area contributed by atoms with Gasteiger partial charge in [0.25, 0.3) is 0 Å². The number of amides is 1. The monoisotopic (exact) mass is 307 g/mol. The Kier molecular flexibility index (Phi) is 3.27. The number of nitrogens with one attached hydrogen (secondary N) is 1. The molecule has 0 radical (unpaired) electrons. The maximum atomic E-state index is 12.1. The lowest BCUT2D eigenvalue weighted by atomic mass is 10.1. The van der Waals surface area contributed by atoms with Crippen LogP contribution in [0.25, 0.3) is 22.1 Å². The maximum Gasteiger partial charge on any atom is 0.226 e. The van der Waals surface area contributed by atoms with Gasteiger partial charge in [0.1, 0.15) is 11.2 Å². The molecule has 0 aliphatic rings. The van der Waals surface area contributed by atoms with E-state index >= 15 is 0 Å². The molecule has 0 saturated carbocycles. The average molecular weight is 307 g/mol. The van der Waals surface area contributed by atoms with Crippen LogP contribution in [0.5, 0.6) is 0 Å². The fourth-order valence-electron chi connectivity index (χ4n) is 2.45. The molecule has 0 atom stereocenters. The van der Waals surface area contributed by atoms with E-state index in [0.717, 1.165) is 10.9 Å². The van der Waals surface area contributed by atoms with Gasteiger partial charge in [-0.05, 0) is 24.3 Å². The minimum atomic E-state index is -0.161. The summed E-state index contributed by atoms with van der Waals surface area (Å²) in [5.74, 6) is 0.316. The van der Waals surface area contributed by atoms with Gasteiger partial charge in [0, 0.05) is 5.39 Å². The standard InChI is InChI=1S/C17H13N3O3/c21-16(9-13-11-5-1-3-7-14(11)23-20-13)18-10-17-19-12-6-2-4-8-15(12)22-17/h1-8H,9-10H2,(H,18,21). The van der Waals surface area contributed by atoms with Crippen molar-refractivity contribution in [2.24, 2.45) is 0 Å². The zero-order chi connectivity index (χ0) is 15.6. The molecule has 0 aliphatic carbocycles. The molecule has 0 bridgehead atoms. The van der Waals surface area contributed by atoms with Crippen LogP contribution in [0.4, 0.5) is 0 Å². The lowest BCUT2D eigenvalue weighted by Gasteiger charge is -2.00. The zero-order valence-corrected chi connectivity index (χ0v) is 12.2. The largest absolute Gasteiger partial charge is 0.439 e.